The maximum Gasteiger partial charge on any atom is 0.124 e. The minimum absolute atomic E-state index is 0.234. The van der Waals surface area contributed by atoms with Gasteiger partial charge in [-0.25, -0.2) is 4.39 Å². The molecule has 0 aliphatic heterocycles. The van der Waals surface area contributed by atoms with Crippen molar-refractivity contribution in [3.63, 3.8) is 0 Å². The van der Waals surface area contributed by atoms with Gasteiger partial charge < -0.3 is 10.1 Å². The van der Waals surface area contributed by atoms with E-state index in [-0.39, 0.29) is 6.61 Å². The van der Waals surface area contributed by atoms with Gasteiger partial charge in [-0.2, -0.15) is 5.26 Å². The summed E-state index contributed by atoms with van der Waals surface area (Å²) in [6.45, 7) is 1.04. The third kappa shape index (κ3) is 3.81. The summed E-state index contributed by atoms with van der Waals surface area (Å²) in [5.41, 5.74) is 2.10. The molecule has 0 spiro atoms. The molecule has 4 heteroatoms. The van der Waals surface area contributed by atoms with E-state index < -0.39 is 5.82 Å². The van der Waals surface area contributed by atoms with E-state index >= 15 is 0 Å². The van der Waals surface area contributed by atoms with Crippen molar-refractivity contribution in [2.24, 2.45) is 0 Å². The number of benzene rings is 2. The number of rotatable bonds is 5. The number of nitrogens with one attached hydrogen (secondary N) is 1. The molecular weight excluding hydrogens is 255 g/mol. The number of nitrogens with zero attached hydrogens (tertiary/aromatic N) is 1. The lowest BCUT2D eigenvalue weighted by molar-refractivity contribution is 0.305. The Morgan fingerprint density at radius 1 is 1.15 bits per heavy atom. The molecule has 0 saturated heterocycles. The summed E-state index contributed by atoms with van der Waals surface area (Å²) in [5.74, 6) is 0.291. The normalized spacial score (nSPS) is 10.1. The third-order valence-electron chi connectivity index (χ3n) is 2.80. The zero-order valence-electron chi connectivity index (χ0n) is 11.2. The fourth-order valence-corrected chi connectivity index (χ4v) is 1.87. The van der Waals surface area contributed by atoms with Crippen LogP contribution in [0.25, 0.3) is 0 Å². The fraction of sp³-hybridized carbons (Fsp3) is 0.188. The number of nitriles is 1. The second kappa shape index (κ2) is 6.69. The first kappa shape index (κ1) is 14.0. The molecule has 2 aromatic rings. The van der Waals surface area contributed by atoms with Gasteiger partial charge in [-0.15, -0.1) is 0 Å². The van der Waals surface area contributed by atoms with Gasteiger partial charge in [0.15, 0.2) is 0 Å². The maximum atomic E-state index is 13.3. The van der Waals surface area contributed by atoms with E-state index in [1.54, 1.807) is 6.07 Å². The largest absolute Gasteiger partial charge is 0.489 e. The van der Waals surface area contributed by atoms with Crippen molar-refractivity contribution in [3.8, 4) is 11.8 Å². The van der Waals surface area contributed by atoms with Crippen molar-refractivity contribution in [2.75, 3.05) is 7.05 Å². The Morgan fingerprint density at radius 3 is 2.55 bits per heavy atom. The van der Waals surface area contributed by atoms with E-state index in [0.717, 1.165) is 12.1 Å². The molecule has 0 saturated carbocycles. The van der Waals surface area contributed by atoms with Gasteiger partial charge in [0.2, 0.25) is 0 Å². The van der Waals surface area contributed by atoms with Crippen LogP contribution in [0.15, 0.2) is 42.5 Å². The Balaban J connectivity index is 2.01. The summed E-state index contributed by atoms with van der Waals surface area (Å²) < 4.78 is 18.8. The molecule has 0 radical (unpaired) electrons. The Bertz CT molecular complexity index is 617. The van der Waals surface area contributed by atoms with Gasteiger partial charge in [-0.05, 0) is 48.5 Å². The van der Waals surface area contributed by atoms with Crippen LogP contribution in [0.1, 0.15) is 16.7 Å². The predicted octanol–water partition coefficient (Wildman–Crippen LogP) is 3.00. The van der Waals surface area contributed by atoms with E-state index in [4.69, 9.17) is 10.00 Å². The molecular formula is C16H15FN2O. The van der Waals surface area contributed by atoms with Gasteiger partial charge in [0.05, 0.1) is 11.6 Å². The Morgan fingerprint density at radius 2 is 1.90 bits per heavy atom. The molecule has 0 amide bonds. The lowest BCUT2D eigenvalue weighted by Gasteiger charge is -2.08. The van der Waals surface area contributed by atoms with Crippen LogP contribution >= 0.6 is 0 Å². The monoisotopic (exact) mass is 270 g/mol. The van der Waals surface area contributed by atoms with Gasteiger partial charge in [0.25, 0.3) is 0 Å². The van der Waals surface area contributed by atoms with Crippen LogP contribution in [0.5, 0.6) is 5.75 Å². The van der Waals surface area contributed by atoms with Gasteiger partial charge in [-0.3, -0.25) is 0 Å². The summed E-state index contributed by atoms with van der Waals surface area (Å²) in [7, 11) is 1.89. The second-order valence-corrected chi connectivity index (χ2v) is 4.42. The lowest BCUT2D eigenvalue weighted by atomic mass is 10.1. The molecule has 20 heavy (non-hydrogen) atoms. The zero-order chi connectivity index (χ0) is 14.4. The molecule has 0 unspecified atom stereocenters. The second-order valence-electron chi connectivity index (χ2n) is 4.42. The van der Waals surface area contributed by atoms with Crippen LogP contribution in [0.4, 0.5) is 4.39 Å². The van der Waals surface area contributed by atoms with E-state index in [1.165, 1.54) is 12.1 Å². The molecule has 0 fully saturated rings. The highest BCUT2D eigenvalue weighted by atomic mass is 19.1. The molecule has 3 nitrogen and oxygen atoms in total. The van der Waals surface area contributed by atoms with Crippen molar-refractivity contribution < 1.29 is 9.13 Å². The molecule has 102 valence electrons. The zero-order valence-corrected chi connectivity index (χ0v) is 11.2. The van der Waals surface area contributed by atoms with E-state index in [9.17, 15) is 4.39 Å². The molecule has 1 N–H and O–H groups in total. The predicted molar refractivity (Wildman–Crippen MR) is 74.7 cm³/mol. The van der Waals surface area contributed by atoms with E-state index in [2.05, 4.69) is 5.32 Å². The first-order chi connectivity index (χ1) is 9.71. The lowest BCUT2D eigenvalue weighted by Crippen LogP contribution is -2.04. The van der Waals surface area contributed by atoms with Crippen LogP contribution < -0.4 is 10.1 Å². The summed E-state index contributed by atoms with van der Waals surface area (Å²) >= 11 is 0. The maximum absolute atomic E-state index is 13.3. The number of halogens is 1. The average molecular weight is 270 g/mol. The van der Waals surface area contributed by atoms with E-state index in [0.29, 0.717) is 16.9 Å². The number of hydrogen-bond donors (Lipinski definition) is 1. The van der Waals surface area contributed by atoms with Crippen LogP contribution in [0, 0.1) is 17.1 Å². The molecule has 0 aromatic heterocycles. The third-order valence-corrected chi connectivity index (χ3v) is 2.80. The highest BCUT2D eigenvalue weighted by molar-refractivity contribution is 5.34. The molecule has 0 heterocycles. The highest BCUT2D eigenvalue weighted by Gasteiger charge is 2.02. The quantitative estimate of drug-likeness (QED) is 0.908. The standard InChI is InChI=1S/C16H15FN2O/c1-19-10-12-2-4-16(5-3-12)20-11-14-6-13(9-18)7-15(17)8-14/h2-8,19H,10-11H2,1H3. The molecule has 0 bridgehead atoms. The highest BCUT2D eigenvalue weighted by Crippen LogP contribution is 2.15. The minimum Gasteiger partial charge on any atom is -0.489 e. The van der Waals surface area contributed by atoms with E-state index in [1.807, 2.05) is 37.4 Å². The van der Waals surface area contributed by atoms with Crippen molar-refractivity contribution in [3.05, 3.63) is 65.0 Å². The molecule has 0 atom stereocenters. The van der Waals surface area contributed by atoms with Crippen LogP contribution in [0.2, 0.25) is 0 Å². The van der Waals surface area contributed by atoms with Crippen LogP contribution in [0.3, 0.4) is 0 Å². The summed E-state index contributed by atoms with van der Waals surface area (Å²) in [6, 6.07) is 13.8. The van der Waals surface area contributed by atoms with Crippen LogP contribution in [-0.4, -0.2) is 7.05 Å². The molecule has 0 aliphatic rings. The molecule has 2 aromatic carbocycles. The van der Waals surface area contributed by atoms with Crippen LogP contribution in [-0.2, 0) is 13.2 Å². The topological polar surface area (TPSA) is 45.0 Å². The van der Waals surface area contributed by atoms with Crippen molar-refractivity contribution in [2.45, 2.75) is 13.2 Å². The van der Waals surface area contributed by atoms with Gasteiger partial charge in [0.1, 0.15) is 18.2 Å². The Hall–Kier alpha value is -2.38. The first-order valence-corrected chi connectivity index (χ1v) is 6.27. The average Bonchev–Trinajstić information content (AvgIpc) is 2.46. The van der Waals surface area contributed by atoms with Crippen molar-refractivity contribution >= 4 is 0 Å². The molecule has 0 aliphatic carbocycles. The smallest absolute Gasteiger partial charge is 0.124 e. The number of hydrogen-bond acceptors (Lipinski definition) is 3. The van der Waals surface area contributed by atoms with Crippen molar-refractivity contribution in [1.82, 2.24) is 5.32 Å². The SMILES string of the molecule is CNCc1ccc(OCc2cc(F)cc(C#N)c2)cc1. The Labute approximate surface area is 117 Å². The first-order valence-electron chi connectivity index (χ1n) is 6.27. The van der Waals surface area contributed by atoms with Crippen molar-refractivity contribution in [1.29, 1.82) is 5.26 Å². The van der Waals surface area contributed by atoms with Gasteiger partial charge in [0, 0.05) is 6.54 Å². The molecule has 2 rings (SSSR count). The Kier molecular flexibility index (Phi) is 4.70. The summed E-state index contributed by atoms with van der Waals surface area (Å²) in [6.07, 6.45) is 0. The summed E-state index contributed by atoms with van der Waals surface area (Å²) in [5, 5.41) is 11.9. The number of ether oxygens (including phenoxy) is 1. The van der Waals surface area contributed by atoms with Gasteiger partial charge >= 0.3 is 0 Å². The summed E-state index contributed by atoms with van der Waals surface area (Å²) in [4.78, 5) is 0. The minimum atomic E-state index is -0.424. The fourth-order valence-electron chi connectivity index (χ4n) is 1.87. The van der Waals surface area contributed by atoms with Gasteiger partial charge in [-0.1, -0.05) is 12.1 Å².